The monoisotopic (exact) mass is 504 g/mol. The molecule has 0 radical (unpaired) electrons. The molecule has 3 aromatic carbocycles. The van der Waals surface area contributed by atoms with Gasteiger partial charge >= 0.3 is 0 Å². The predicted octanol–water partition coefficient (Wildman–Crippen LogP) is 11.0. The van der Waals surface area contributed by atoms with Gasteiger partial charge in [-0.05, 0) is 59.0 Å². The quantitative estimate of drug-likeness (QED) is 0.132. The summed E-state index contributed by atoms with van der Waals surface area (Å²) >= 11 is 0. The molecule has 3 rings (SSSR count). The van der Waals surface area contributed by atoms with Gasteiger partial charge in [-0.2, -0.15) is 0 Å². The van der Waals surface area contributed by atoms with Crippen molar-refractivity contribution in [3.8, 4) is 22.3 Å². The number of unbranched alkanes of at least 4 members (excludes halogenated alkanes) is 12. The average molecular weight is 505 g/mol. The zero-order chi connectivity index (χ0) is 26.3. The first kappa shape index (κ1) is 28.8. The first-order chi connectivity index (χ1) is 18.1. The Morgan fingerprint density at radius 3 is 1.49 bits per heavy atom. The van der Waals surface area contributed by atoms with E-state index in [2.05, 4.69) is 6.92 Å². The molecule has 3 heteroatoms. The van der Waals surface area contributed by atoms with Gasteiger partial charge in [0, 0.05) is 12.0 Å². The van der Waals surface area contributed by atoms with Crippen molar-refractivity contribution in [2.45, 2.75) is 96.8 Å². The lowest BCUT2D eigenvalue weighted by molar-refractivity contribution is 0.0979. The van der Waals surface area contributed by atoms with Gasteiger partial charge in [0.15, 0.2) is 5.78 Å². The molecule has 37 heavy (non-hydrogen) atoms. The molecule has 0 heterocycles. The third-order valence-corrected chi connectivity index (χ3v) is 7.16. The number of hydrogen-bond acceptors (Lipinski definition) is 1. The Hall–Kier alpha value is -2.81. The summed E-state index contributed by atoms with van der Waals surface area (Å²) in [6, 6.07) is 18.3. The highest BCUT2D eigenvalue weighted by atomic mass is 19.1. The summed E-state index contributed by atoms with van der Waals surface area (Å²) in [6.45, 7) is 2.26. The molecule has 0 saturated carbocycles. The summed E-state index contributed by atoms with van der Waals surface area (Å²) in [5, 5.41) is 0. The largest absolute Gasteiger partial charge is 0.294 e. The molecule has 0 unspecified atom stereocenters. The SMILES string of the molecule is CCCCCCCCCCCCCCCC(=O)c1ccc(-c2ccc(F)cc2)cc1-c1ccc(F)cc1. The van der Waals surface area contributed by atoms with E-state index in [1.807, 2.05) is 18.2 Å². The van der Waals surface area contributed by atoms with Crippen molar-refractivity contribution in [2.75, 3.05) is 0 Å². The summed E-state index contributed by atoms with van der Waals surface area (Å²) in [7, 11) is 0. The van der Waals surface area contributed by atoms with Crippen molar-refractivity contribution in [2.24, 2.45) is 0 Å². The molecule has 3 aromatic rings. The Kier molecular flexibility index (Phi) is 12.5. The molecular formula is C34H42F2O. The summed E-state index contributed by atoms with van der Waals surface area (Å²) in [5.41, 5.74) is 4.04. The maximum atomic E-state index is 13.6. The Morgan fingerprint density at radius 1 is 0.541 bits per heavy atom. The third-order valence-electron chi connectivity index (χ3n) is 7.16. The van der Waals surface area contributed by atoms with Crippen molar-refractivity contribution in [1.29, 1.82) is 0 Å². The maximum absolute atomic E-state index is 13.6. The fourth-order valence-corrected chi connectivity index (χ4v) is 4.92. The van der Waals surface area contributed by atoms with Gasteiger partial charge in [0.2, 0.25) is 0 Å². The number of ketones is 1. The molecule has 0 aliphatic heterocycles. The molecule has 198 valence electrons. The molecule has 1 nitrogen and oxygen atoms in total. The molecule has 0 atom stereocenters. The van der Waals surface area contributed by atoms with Crippen molar-refractivity contribution in [3.05, 3.63) is 83.9 Å². The number of carbonyl (C=O) groups excluding carboxylic acids is 1. The number of Topliss-reactive ketones (excluding diaryl/α,β-unsaturated/α-hetero) is 1. The van der Waals surface area contributed by atoms with Crippen LogP contribution in [0.15, 0.2) is 66.7 Å². The lowest BCUT2D eigenvalue weighted by Crippen LogP contribution is -2.02. The highest BCUT2D eigenvalue weighted by Gasteiger charge is 2.14. The fourth-order valence-electron chi connectivity index (χ4n) is 4.92. The molecule has 0 fully saturated rings. The second-order valence-corrected chi connectivity index (χ2v) is 10.2. The van der Waals surface area contributed by atoms with Crippen molar-refractivity contribution in [1.82, 2.24) is 0 Å². The van der Waals surface area contributed by atoms with Crippen LogP contribution < -0.4 is 0 Å². The summed E-state index contributed by atoms with van der Waals surface area (Å²) < 4.78 is 26.9. The van der Waals surface area contributed by atoms with Gasteiger partial charge < -0.3 is 0 Å². The first-order valence-electron chi connectivity index (χ1n) is 14.3. The van der Waals surface area contributed by atoms with Crippen LogP contribution in [0.1, 0.15) is 107 Å². The molecule has 0 aliphatic carbocycles. The van der Waals surface area contributed by atoms with E-state index in [4.69, 9.17) is 0 Å². The van der Waals surface area contributed by atoms with Crippen molar-refractivity contribution < 1.29 is 13.6 Å². The number of hydrogen-bond donors (Lipinski definition) is 0. The van der Waals surface area contributed by atoms with Gasteiger partial charge in [0.1, 0.15) is 11.6 Å². The molecule has 0 aliphatic rings. The number of halogens is 2. The van der Waals surface area contributed by atoms with Crippen LogP contribution in [0.2, 0.25) is 0 Å². The molecule has 0 saturated heterocycles. The first-order valence-corrected chi connectivity index (χ1v) is 14.3. The van der Waals surface area contributed by atoms with Crippen LogP contribution >= 0.6 is 0 Å². The molecule has 0 bridgehead atoms. The average Bonchev–Trinajstić information content (AvgIpc) is 2.92. The number of carbonyl (C=O) groups is 1. The molecule has 0 amide bonds. The predicted molar refractivity (Wildman–Crippen MR) is 152 cm³/mol. The minimum atomic E-state index is -0.307. The third kappa shape index (κ3) is 9.87. The van der Waals surface area contributed by atoms with E-state index in [-0.39, 0.29) is 17.4 Å². The van der Waals surface area contributed by atoms with Crippen molar-refractivity contribution >= 4 is 5.78 Å². The minimum Gasteiger partial charge on any atom is -0.294 e. The summed E-state index contributed by atoms with van der Waals surface area (Å²) in [4.78, 5) is 13.2. The smallest absolute Gasteiger partial charge is 0.163 e. The summed E-state index contributed by atoms with van der Waals surface area (Å²) in [6.07, 6.45) is 17.1. The molecular weight excluding hydrogens is 462 g/mol. The van der Waals surface area contributed by atoms with E-state index in [9.17, 15) is 13.6 Å². The van der Waals surface area contributed by atoms with Crippen LogP contribution in [-0.4, -0.2) is 5.78 Å². The second-order valence-electron chi connectivity index (χ2n) is 10.2. The molecule has 0 N–H and O–H groups in total. The zero-order valence-electron chi connectivity index (χ0n) is 22.4. The van der Waals surface area contributed by atoms with Crippen LogP contribution in [0.4, 0.5) is 8.78 Å². The van der Waals surface area contributed by atoms with E-state index in [0.717, 1.165) is 35.1 Å². The van der Waals surface area contributed by atoms with Crippen LogP contribution in [0, 0.1) is 11.6 Å². The Labute approximate surface area is 222 Å². The molecule has 0 aromatic heterocycles. The fraction of sp³-hybridized carbons (Fsp3) is 0.441. The Balaban J connectivity index is 1.49. The van der Waals surface area contributed by atoms with E-state index in [0.29, 0.717) is 12.0 Å². The van der Waals surface area contributed by atoms with E-state index in [1.165, 1.54) is 94.9 Å². The lowest BCUT2D eigenvalue weighted by Gasteiger charge is -2.12. The van der Waals surface area contributed by atoms with Crippen molar-refractivity contribution in [3.63, 3.8) is 0 Å². The highest BCUT2D eigenvalue weighted by molar-refractivity contribution is 6.03. The van der Waals surface area contributed by atoms with Gasteiger partial charge in [-0.1, -0.05) is 120 Å². The Morgan fingerprint density at radius 2 is 0.973 bits per heavy atom. The topological polar surface area (TPSA) is 17.1 Å². The van der Waals surface area contributed by atoms with Gasteiger partial charge in [-0.25, -0.2) is 8.78 Å². The summed E-state index contributed by atoms with van der Waals surface area (Å²) in [5.74, 6) is -0.474. The highest BCUT2D eigenvalue weighted by Crippen LogP contribution is 2.31. The normalized spacial score (nSPS) is 11.1. The van der Waals surface area contributed by atoms with Gasteiger partial charge in [-0.3, -0.25) is 4.79 Å². The van der Waals surface area contributed by atoms with Crippen LogP contribution in [0.25, 0.3) is 22.3 Å². The molecule has 0 spiro atoms. The van der Waals surface area contributed by atoms with Crippen LogP contribution in [0.5, 0.6) is 0 Å². The minimum absolute atomic E-state index is 0.119. The number of rotatable bonds is 17. The number of benzene rings is 3. The Bertz CT molecular complexity index is 1070. The van der Waals surface area contributed by atoms with Gasteiger partial charge in [0.05, 0.1) is 0 Å². The standard InChI is InChI=1S/C34H42F2O/c1-2-3-4-5-6-7-8-9-10-11-12-13-14-15-34(37)32-25-20-29(27-16-21-30(35)22-17-27)26-33(32)28-18-23-31(36)24-19-28/h16-26H,2-15H2,1H3. The van der Waals surface area contributed by atoms with E-state index in [1.54, 1.807) is 24.3 Å². The van der Waals surface area contributed by atoms with Crippen LogP contribution in [0.3, 0.4) is 0 Å². The second kappa shape index (κ2) is 16.1. The van der Waals surface area contributed by atoms with E-state index < -0.39 is 0 Å². The van der Waals surface area contributed by atoms with E-state index >= 15 is 0 Å². The van der Waals surface area contributed by atoms with Gasteiger partial charge in [-0.15, -0.1) is 0 Å². The van der Waals surface area contributed by atoms with Gasteiger partial charge in [0.25, 0.3) is 0 Å². The zero-order valence-corrected chi connectivity index (χ0v) is 22.4. The maximum Gasteiger partial charge on any atom is 0.163 e. The lowest BCUT2D eigenvalue weighted by atomic mass is 9.91. The van der Waals surface area contributed by atoms with Crippen LogP contribution in [-0.2, 0) is 0 Å².